The molecule has 2 aliphatic rings. The lowest BCUT2D eigenvalue weighted by Gasteiger charge is -2.31. The molecule has 20 heavy (non-hydrogen) atoms. The highest BCUT2D eigenvalue weighted by atomic mass is 15.1. The molecule has 0 radical (unpaired) electrons. The molecule has 0 spiro atoms. The van der Waals surface area contributed by atoms with Gasteiger partial charge in [0.2, 0.25) is 0 Å². The zero-order valence-electron chi connectivity index (χ0n) is 13.5. The number of nitrogens with one attached hydrogen (secondary N) is 1. The van der Waals surface area contributed by atoms with Gasteiger partial charge in [-0.2, -0.15) is 5.26 Å². The predicted molar refractivity (Wildman–Crippen MR) is 83.4 cm³/mol. The summed E-state index contributed by atoms with van der Waals surface area (Å²) in [5, 5.41) is 13.3. The average Bonchev–Trinajstić information content (AvgIpc) is 3.15. The van der Waals surface area contributed by atoms with E-state index in [1.54, 1.807) is 0 Å². The van der Waals surface area contributed by atoms with Gasteiger partial charge in [0.1, 0.15) is 5.54 Å². The average molecular weight is 277 g/mol. The Morgan fingerprint density at radius 2 is 2.15 bits per heavy atom. The van der Waals surface area contributed by atoms with Crippen molar-refractivity contribution in [2.45, 2.75) is 70.4 Å². The maximum atomic E-state index is 9.69. The smallest absolute Gasteiger partial charge is 0.109 e. The van der Waals surface area contributed by atoms with Crippen LogP contribution in [0.25, 0.3) is 0 Å². The fourth-order valence-electron chi connectivity index (χ4n) is 3.56. The molecule has 1 N–H and O–H groups in total. The van der Waals surface area contributed by atoms with E-state index in [1.807, 2.05) is 0 Å². The van der Waals surface area contributed by atoms with Crippen molar-refractivity contribution < 1.29 is 0 Å². The quantitative estimate of drug-likeness (QED) is 0.740. The first-order chi connectivity index (χ1) is 9.59. The van der Waals surface area contributed by atoms with Crippen molar-refractivity contribution in [2.75, 3.05) is 20.1 Å². The first kappa shape index (κ1) is 15.8. The molecule has 114 valence electrons. The van der Waals surface area contributed by atoms with Crippen LogP contribution in [0.1, 0.15) is 58.8 Å². The fourth-order valence-corrected chi connectivity index (χ4v) is 3.56. The Kier molecular flexibility index (Phi) is 5.46. The van der Waals surface area contributed by atoms with E-state index in [2.05, 4.69) is 37.2 Å². The number of nitriles is 1. The SMILES string of the molecule is CCC(C)CN(C)CCC1CCCC1(C#N)NC1CC1. The summed E-state index contributed by atoms with van der Waals surface area (Å²) in [6.45, 7) is 6.89. The maximum Gasteiger partial charge on any atom is 0.109 e. The van der Waals surface area contributed by atoms with Crippen LogP contribution in [0, 0.1) is 23.2 Å². The summed E-state index contributed by atoms with van der Waals surface area (Å²) in [5.74, 6) is 1.32. The molecule has 3 atom stereocenters. The maximum absolute atomic E-state index is 9.69. The van der Waals surface area contributed by atoms with E-state index in [0.29, 0.717) is 12.0 Å². The standard InChI is InChI=1S/C17H31N3/c1-4-14(2)12-20(3)11-9-15-6-5-10-17(15,13-18)19-16-7-8-16/h14-16,19H,4-12H2,1-3H3. The molecular formula is C17H31N3. The molecule has 0 aromatic heterocycles. The lowest BCUT2D eigenvalue weighted by Crippen LogP contribution is -2.48. The van der Waals surface area contributed by atoms with Gasteiger partial charge in [-0.05, 0) is 57.5 Å². The van der Waals surface area contributed by atoms with Crippen LogP contribution < -0.4 is 5.32 Å². The van der Waals surface area contributed by atoms with E-state index < -0.39 is 0 Å². The number of hydrogen-bond acceptors (Lipinski definition) is 3. The van der Waals surface area contributed by atoms with E-state index in [-0.39, 0.29) is 5.54 Å². The van der Waals surface area contributed by atoms with Gasteiger partial charge in [0.25, 0.3) is 0 Å². The second kappa shape index (κ2) is 6.91. The van der Waals surface area contributed by atoms with Gasteiger partial charge < -0.3 is 4.90 Å². The van der Waals surface area contributed by atoms with E-state index in [0.717, 1.165) is 18.9 Å². The lowest BCUT2D eigenvalue weighted by molar-refractivity contribution is 0.229. The van der Waals surface area contributed by atoms with Crippen molar-refractivity contribution in [3.8, 4) is 6.07 Å². The highest BCUT2D eigenvalue weighted by Gasteiger charge is 2.45. The number of nitrogens with zero attached hydrogens (tertiary/aromatic N) is 2. The third kappa shape index (κ3) is 3.96. The summed E-state index contributed by atoms with van der Waals surface area (Å²) in [6.07, 6.45) is 8.45. The van der Waals surface area contributed by atoms with Gasteiger partial charge >= 0.3 is 0 Å². The predicted octanol–water partition coefficient (Wildman–Crippen LogP) is 3.17. The van der Waals surface area contributed by atoms with Gasteiger partial charge in [-0.25, -0.2) is 0 Å². The van der Waals surface area contributed by atoms with Gasteiger partial charge in [-0.1, -0.05) is 26.7 Å². The lowest BCUT2D eigenvalue weighted by atomic mass is 9.85. The van der Waals surface area contributed by atoms with Crippen molar-refractivity contribution in [3.63, 3.8) is 0 Å². The van der Waals surface area contributed by atoms with Gasteiger partial charge in [-0.3, -0.25) is 5.32 Å². The van der Waals surface area contributed by atoms with Crippen LogP contribution in [0.2, 0.25) is 0 Å². The highest BCUT2D eigenvalue weighted by molar-refractivity contribution is 5.16. The van der Waals surface area contributed by atoms with E-state index in [1.165, 1.54) is 45.1 Å². The van der Waals surface area contributed by atoms with Crippen molar-refractivity contribution in [2.24, 2.45) is 11.8 Å². The van der Waals surface area contributed by atoms with Crippen molar-refractivity contribution >= 4 is 0 Å². The summed E-state index contributed by atoms with van der Waals surface area (Å²) in [4.78, 5) is 2.45. The number of hydrogen-bond donors (Lipinski definition) is 1. The second-order valence-electron chi connectivity index (χ2n) is 7.16. The molecule has 3 heteroatoms. The van der Waals surface area contributed by atoms with Gasteiger partial charge in [-0.15, -0.1) is 0 Å². The van der Waals surface area contributed by atoms with Crippen LogP contribution in [0.5, 0.6) is 0 Å². The van der Waals surface area contributed by atoms with Crippen molar-refractivity contribution in [1.29, 1.82) is 5.26 Å². The third-order valence-corrected chi connectivity index (χ3v) is 5.24. The van der Waals surface area contributed by atoms with Gasteiger partial charge in [0, 0.05) is 12.6 Å². The van der Waals surface area contributed by atoms with Crippen LogP contribution in [0.4, 0.5) is 0 Å². The molecule has 0 amide bonds. The fraction of sp³-hybridized carbons (Fsp3) is 0.941. The first-order valence-corrected chi connectivity index (χ1v) is 8.47. The molecular weight excluding hydrogens is 246 g/mol. The molecule has 0 saturated heterocycles. The minimum absolute atomic E-state index is 0.210. The Morgan fingerprint density at radius 1 is 1.40 bits per heavy atom. The molecule has 0 aromatic carbocycles. The summed E-state index contributed by atoms with van der Waals surface area (Å²) >= 11 is 0. The zero-order valence-corrected chi connectivity index (χ0v) is 13.5. The van der Waals surface area contributed by atoms with Gasteiger partial charge in [0.05, 0.1) is 6.07 Å². The minimum Gasteiger partial charge on any atom is -0.306 e. The van der Waals surface area contributed by atoms with Crippen molar-refractivity contribution in [3.05, 3.63) is 0 Å². The Morgan fingerprint density at radius 3 is 2.75 bits per heavy atom. The number of rotatable bonds is 8. The molecule has 2 saturated carbocycles. The Bertz CT molecular complexity index is 345. The van der Waals surface area contributed by atoms with Crippen LogP contribution in [-0.2, 0) is 0 Å². The van der Waals surface area contributed by atoms with E-state index in [4.69, 9.17) is 0 Å². The third-order valence-electron chi connectivity index (χ3n) is 5.24. The monoisotopic (exact) mass is 277 g/mol. The molecule has 2 aliphatic carbocycles. The summed E-state index contributed by atoms with van der Waals surface area (Å²) < 4.78 is 0. The van der Waals surface area contributed by atoms with E-state index in [9.17, 15) is 5.26 Å². The summed E-state index contributed by atoms with van der Waals surface area (Å²) in [6, 6.07) is 3.28. The van der Waals surface area contributed by atoms with Crippen LogP contribution in [-0.4, -0.2) is 36.6 Å². The topological polar surface area (TPSA) is 39.1 Å². The van der Waals surface area contributed by atoms with Gasteiger partial charge in [0.15, 0.2) is 0 Å². The molecule has 0 aromatic rings. The molecule has 0 bridgehead atoms. The Hall–Kier alpha value is -0.590. The van der Waals surface area contributed by atoms with Crippen LogP contribution in [0.3, 0.4) is 0 Å². The summed E-state index contributed by atoms with van der Waals surface area (Å²) in [5.41, 5.74) is -0.210. The van der Waals surface area contributed by atoms with Crippen LogP contribution >= 0.6 is 0 Å². The largest absolute Gasteiger partial charge is 0.306 e. The molecule has 0 aliphatic heterocycles. The highest BCUT2D eigenvalue weighted by Crippen LogP contribution is 2.40. The minimum atomic E-state index is -0.210. The molecule has 3 unspecified atom stereocenters. The Balaban J connectivity index is 1.82. The Labute approximate surface area is 124 Å². The van der Waals surface area contributed by atoms with E-state index >= 15 is 0 Å². The zero-order chi connectivity index (χ0) is 14.6. The molecule has 2 rings (SSSR count). The molecule has 2 fully saturated rings. The van der Waals surface area contributed by atoms with Crippen LogP contribution in [0.15, 0.2) is 0 Å². The molecule has 0 heterocycles. The first-order valence-electron chi connectivity index (χ1n) is 8.47. The summed E-state index contributed by atoms with van der Waals surface area (Å²) in [7, 11) is 2.23. The normalized spacial score (nSPS) is 31.4. The molecule has 3 nitrogen and oxygen atoms in total. The second-order valence-corrected chi connectivity index (χ2v) is 7.16. The van der Waals surface area contributed by atoms with Crippen molar-refractivity contribution in [1.82, 2.24) is 10.2 Å².